The Morgan fingerprint density at radius 2 is 2.04 bits per heavy atom. The number of hydrogen-bond donors (Lipinski definition) is 0. The normalized spacial score (nSPS) is 14.9. The average Bonchev–Trinajstić information content (AvgIpc) is 3.23. The minimum absolute atomic E-state index is 0.0595. The first-order valence-electron chi connectivity index (χ1n) is 8.09. The highest BCUT2D eigenvalue weighted by atomic mass is 16.7. The third-order valence-electron chi connectivity index (χ3n) is 3.82. The van der Waals surface area contributed by atoms with Gasteiger partial charge in [-0.2, -0.15) is 0 Å². The molecule has 0 fully saturated rings. The third-order valence-corrected chi connectivity index (χ3v) is 3.82. The minimum atomic E-state index is -0.542. The number of aromatic nitrogens is 1. The zero-order valence-corrected chi connectivity index (χ0v) is 14.5. The molecule has 26 heavy (non-hydrogen) atoms. The molecule has 7 heteroatoms. The van der Waals surface area contributed by atoms with Crippen LogP contribution in [0.1, 0.15) is 18.2 Å². The second-order valence-corrected chi connectivity index (χ2v) is 5.47. The molecule has 0 spiro atoms. The maximum absolute atomic E-state index is 12.1. The van der Waals surface area contributed by atoms with Gasteiger partial charge in [-0.15, -0.1) is 0 Å². The van der Waals surface area contributed by atoms with Crippen molar-refractivity contribution in [3.05, 3.63) is 59.4 Å². The average molecular weight is 354 g/mol. The molecule has 7 nitrogen and oxygen atoms in total. The number of hydrogen-bond acceptors (Lipinski definition) is 6. The van der Waals surface area contributed by atoms with E-state index in [2.05, 4.69) is 5.16 Å². The van der Waals surface area contributed by atoms with E-state index in [9.17, 15) is 9.59 Å². The smallest absolute Gasteiger partial charge is 0.368 e. The monoisotopic (exact) mass is 354 g/mol. The highest BCUT2D eigenvalue weighted by Gasteiger charge is 2.27. The third kappa shape index (κ3) is 3.66. The number of oxime groups is 1. The summed E-state index contributed by atoms with van der Waals surface area (Å²) in [6.45, 7) is 2.13. The number of methoxy groups -OCH3 is 1. The molecule has 0 bridgehead atoms. The van der Waals surface area contributed by atoms with Gasteiger partial charge in [0, 0.05) is 17.5 Å². The Bertz CT molecular complexity index is 878. The lowest BCUT2D eigenvalue weighted by molar-refractivity contribution is -0.143. The molecule has 134 valence electrons. The van der Waals surface area contributed by atoms with Gasteiger partial charge in [-0.3, -0.25) is 4.79 Å². The highest BCUT2D eigenvalue weighted by molar-refractivity contribution is 6.31. The topological polar surface area (TPSA) is 79.1 Å². The van der Waals surface area contributed by atoms with E-state index in [4.69, 9.17) is 14.3 Å². The van der Waals surface area contributed by atoms with Crippen LogP contribution in [0.15, 0.2) is 53.3 Å². The van der Waals surface area contributed by atoms with Crippen LogP contribution >= 0.6 is 0 Å². The van der Waals surface area contributed by atoms with Crippen molar-refractivity contribution in [2.45, 2.75) is 13.5 Å². The SMILES string of the molecule is CCOC(=O)Cn1cccc1C=C1C(=O)ON=C1c1ccc(OC)cc1. The van der Waals surface area contributed by atoms with E-state index in [-0.39, 0.29) is 12.5 Å². The summed E-state index contributed by atoms with van der Waals surface area (Å²) >= 11 is 0. The van der Waals surface area contributed by atoms with Crippen molar-refractivity contribution in [3.63, 3.8) is 0 Å². The van der Waals surface area contributed by atoms with Crippen LogP contribution in [-0.4, -0.2) is 35.9 Å². The maximum atomic E-state index is 12.1. The number of nitrogens with zero attached hydrogens (tertiary/aromatic N) is 2. The summed E-state index contributed by atoms with van der Waals surface area (Å²) in [5.74, 6) is -0.186. The molecule has 3 rings (SSSR count). The van der Waals surface area contributed by atoms with Crippen molar-refractivity contribution in [1.29, 1.82) is 0 Å². The van der Waals surface area contributed by atoms with Crippen LogP contribution in [-0.2, 0) is 25.7 Å². The van der Waals surface area contributed by atoms with Crippen molar-refractivity contribution in [2.24, 2.45) is 5.16 Å². The Morgan fingerprint density at radius 3 is 2.73 bits per heavy atom. The lowest BCUT2D eigenvalue weighted by atomic mass is 10.0. The number of carbonyl (C=O) groups is 2. The van der Waals surface area contributed by atoms with E-state index < -0.39 is 5.97 Å². The van der Waals surface area contributed by atoms with E-state index in [1.165, 1.54) is 0 Å². The summed E-state index contributed by atoms with van der Waals surface area (Å²) in [6.07, 6.45) is 3.39. The Hall–Kier alpha value is -3.35. The Morgan fingerprint density at radius 1 is 1.27 bits per heavy atom. The van der Waals surface area contributed by atoms with E-state index in [1.54, 1.807) is 67.3 Å². The van der Waals surface area contributed by atoms with Gasteiger partial charge < -0.3 is 18.9 Å². The van der Waals surface area contributed by atoms with Gasteiger partial charge >= 0.3 is 11.9 Å². The van der Waals surface area contributed by atoms with Gasteiger partial charge in [0.25, 0.3) is 0 Å². The molecular weight excluding hydrogens is 336 g/mol. The summed E-state index contributed by atoms with van der Waals surface area (Å²) in [6, 6.07) is 10.7. The number of esters is 1. The van der Waals surface area contributed by atoms with Crippen molar-refractivity contribution < 1.29 is 23.9 Å². The summed E-state index contributed by atoms with van der Waals surface area (Å²) < 4.78 is 11.8. The van der Waals surface area contributed by atoms with Crippen molar-refractivity contribution in [2.75, 3.05) is 13.7 Å². The van der Waals surface area contributed by atoms with E-state index in [0.29, 0.717) is 29.3 Å². The standard InChI is InChI=1S/C19H18N2O5/c1-3-25-17(22)12-21-10-4-5-14(21)11-16-18(20-26-19(16)23)13-6-8-15(24-2)9-7-13/h4-11H,3,12H2,1-2H3. The highest BCUT2D eigenvalue weighted by Crippen LogP contribution is 2.22. The van der Waals surface area contributed by atoms with Crippen LogP contribution in [0.4, 0.5) is 0 Å². The molecule has 2 heterocycles. The maximum Gasteiger partial charge on any atom is 0.368 e. The zero-order valence-electron chi connectivity index (χ0n) is 14.5. The van der Waals surface area contributed by atoms with Crippen LogP contribution in [0.5, 0.6) is 5.75 Å². The molecule has 0 N–H and O–H groups in total. The molecule has 0 saturated carbocycles. The fraction of sp³-hybridized carbons (Fsp3) is 0.211. The molecule has 0 aliphatic carbocycles. The van der Waals surface area contributed by atoms with Gasteiger partial charge in [-0.25, -0.2) is 4.79 Å². The van der Waals surface area contributed by atoms with E-state index in [0.717, 1.165) is 5.56 Å². The van der Waals surface area contributed by atoms with Crippen molar-refractivity contribution >= 4 is 23.7 Å². The van der Waals surface area contributed by atoms with Crippen LogP contribution < -0.4 is 4.74 Å². The van der Waals surface area contributed by atoms with Crippen molar-refractivity contribution in [3.8, 4) is 5.75 Å². The number of ether oxygens (including phenoxy) is 2. The van der Waals surface area contributed by atoms with Gasteiger partial charge in [0.05, 0.1) is 19.3 Å². The van der Waals surface area contributed by atoms with Gasteiger partial charge in [0.1, 0.15) is 18.0 Å². The molecule has 1 aromatic heterocycles. The van der Waals surface area contributed by atoms with Gasteiger partial charge in [0.15, 0.2) is 0 Å². The van der Waals surface area contributed by atoms with Crippen LogP contribution in [0.25, 0.3) is 6.08 Å². The minimum Gasteiger partial charge on any atom is -0.497 e. The van der Waals surface area contributed by atoms with E-state index in [1.807, 2.05) is 0 Å². The second-order valence-electron chi connectivity index (χ2n) is 5.47. The molecule has 0 saturated heterocycles. The largest absolute Gasteiger partial charge is 0.497 e. The van der Waals surface area contributed by atoms with Crippen LogP contribution in [0.3, 0.4) is 0 Å². The molecular formula is C19H18N2O5. The molecule has 1 aliphatic heterocycles. The van der Waals surface area contributed by atoms with Crippen LogP contribution in [0.2, 0.25) is 0 Å². The molecule has 0 amide bonds. The van der Waals surface area contributed by atoms with Gasteiger partial charge in [0.2, 0.25) is 0 Å². The van der Waals surface area contributed by atoms with E-state index >= 15 is 0 Å². The molecule has 0 radical (unpaired) electrons. The predicted octanol–water partition coefficient (Wildman–Crippen LogP) is 2.40. The first-order chi connectivity index (χ1) is 12.6. The summed E-state index contributed by atoms with van der Waals surface area (Å²) in [5, 5.41) is 3.88. The zero-order chi connectivity index (χ0) is 18.5. The first kappa shape index (κ1) is 17.5. The fourth-order valence-electron chi connectivity index (χ4n) is 2.56. The Balaban J connectivity index is 1.89. The van der Waals surface area contributed by atoms with Gasteiger partial charge in [-0.05, 0) is 49.4 Å². The lowest BCUT2D eigenvalue weighted by Gasteiger charge is -2.07. The Kier molecular flexibility index (Phi) is 5.17. The second kappa shape index (κ2) is 7.69. The molecule has 1 aliphatic rings. The molecule has 2 aromatic rings. The Labute approximate surface area is 150 Å². The number of benzene rings is 1. The number of carbonyl (C=O) groups excluding carboxylic acids is 2. The van der Waals surface area contributed by atoms with Crippen molar-refractivity contribution in [1.82, 2.24) is 4.57 Å². The summed E-state index contributed by atoms with van der Waals surface area (Å²) in [7, 11) is 1.58. The first-order valence-corrected chi connectivity index (χ1v) is 8.09. The lowest BCUT2D eigenvalue weighted by Crippen LogP contribution is -2.14. The van der Waals surface area contributed by atoms with Crippen LogP contribution in [0, 0.1) is 0 Å². The molecule has 1 aromatic carbocycles. The predicted molar refractivity (Wildman–Crippen MR) is 94.7 cm³/mol. The fourth-order valence-corrected chi connectivity index (χ4v) is 2.56. The van der Waals surface area contributed by atoms with Gasteiger partial charge in [-0.1, -0.05) is 5.16 Å². The molecule has 0 atom stereocenters. The quantitative estimate of drug-likeness (QED) is 0.452. The summed E-state index contributed by atoms with van der Waals surface area (Å²) in [5.41, 5.74) is 2.15. The number of rotatable bonds is 6. The molecule has 0 unspecified atom stereocenters. The summed E-state index contributed by atoms with van der Waals surface area (Å²) in [4.78, 5) is 28.7.